The number of carboxylic acid groups (broad SMARTS) is 1. The maximum absolute atomic E-state index is 12.5. The van der Waals surface area contributed by atoms with Crippen LogP contribution in [0.25, 0.3) is 0 Å². The maximum atomic E-state index is 12.5. The van der Waals surface area contributed by atoms with Gasteiger partial charge in [0.2, 0.25) is 5.91 Å². The summed E-state index contributed by atoms with van der Waals surface area (Å²) in [5.74, 6) is 0.443. The lowest BCUT2D eigenvalue weighted by molar-refractivity contribution is -0.146. The Hall–Kier alpha value is -2.12. The Bertz CT molecular complexity index is 774. The molecule has 0 saturated carbocycles. The van der Waals surface area contributed by atoms with Crippen LogP contribution in [0.4, 0.5) is 0 Å². The number of para-hydroxylation sites is 1. The molecule has 1 fully saturated rings. The molecule has 0 aliphatic carbocycles. The molecular formula is C26H40N2O5. The van der Waals surface area contributed by atoms with Gasteiger partial charge in [-0.25, -0.2) is 4.79 Å². The lowest BCUT2D eigenvalue weighted by Gasteiger charge is -2.45. The van der Waals surface area contributed by atoms with Gasteiger partial charge in [0.15, 0.2) is 0 Å². The van der Waals surface area contributed by atoms with Crippen LogP contribution >= 0.6 is 0 Å². The minimum Gasteiger partial charge on any atom is -0.492 e. The third-order valence-electron chi connectivity index (χ3n) is 6.85. The van der Waals surface area contributed by atoms with Gasteiger partial charge in [-0.3, -0.25) is 9.69 Å². The fourth-order valence-corrected chi connectivity index (χ4v) is 5.21. The molecule has 1 amide bonds. The predicted molar refractivity (Wildman–Crippen MR) is 127 cm³/mol. The van der Waals surface area contributed by atoms with E-state index in [0.717, 1.165) is 51.1 Å². The smallest absolute Gasteiger partial charge is 0.329 e. The first-order valence-electron chi connectivity index (χ1n) is 12.4. The van der Waals surface area contributed by atoms with Gasteiger partial charge in [0.1, 0.15) is 25.6 Å². The molecule has 0 radical (unpaired) electrons. The number of piperidine rings is 1. The van der Waals surface area contributed by atoms with Crippen molar-refractivity contribution in [2.75, 3.05) is 52.5 Å². The summed E-state index contributed by atoms with van der Waals surface area (Å²) in [4.78, 5) is 27.5. The van der Waals surface area contributed by atoms with Crippen molar-refractivity contribution < 1.29 is 24.2 Å². The van der Waals surface area contributed by atoms with Crippen molar-refractivity contribution in [1.29, 1.82) is 0 Å². The fraction of sp³-hybridized carbons (Fsp3) is 0.692. The molecule has 0 unspecified atom stereocenters. The second-order valence-electron chi connectivity index (χ2n) is 10.1. The van der Waals surface area contributed by atoms with Crippen LogP contribution in [0.15, 0.2) is 24.3 Å². The molecule has 0 bridgehead atoms. The summed E-state index contributed by atoms with van der Waals surface area (Å²) in [6, 6.07) is 8.41. The molecule has 2 aliphatic rings. The number of likely N-dealkylation sites (tertiary alicyclic amines) is 1. The highest BCUT2D eigenvalue weighted by atomic mass is 16.5. The van der Waals surface area contributed by atoms with Crippen LogP contribution in [0.5, 0.6) is 5.75 Å². The molecular weight excluding hydrogens is 420 g/mol. The van der Waals surface area contributed by atoms with Crippen molar-refractivity contribution in [2.24, 2.45) is 11.3 Å². The molecule has 3 rings (SSSR count). The van der Waals surface area contributed by atoms with Crippen LogP contribution in [0.2, 0.25) is 0 Å². The highest BCUT2D eigenvalue weighted by Crippen LogP contribution is 2.38. The van der Waals surface area contributed by atoms with E-state index in [4.69, 9.17) is 14.6 Å². The summed E-state index contributed by atoms with van der Waals surface area (Å²) in [6.07, 6.45) is 6.46. The predicted octanol–water partition coefficient (Wildman–Crippen LogP) is 3.46. The topological polar surface area (TPSA) is 79.3 Å². The van der Waals surface area contributed by atoms with Crippen LogP contribution in [-0.4, -0.2) is 79.3 Å². The Labute approximate surface area is 198 Å². The van der Waals surface area contributed by atoms with E-state index in [1.165, 1.54) is 18.4 Å². The maximum Gasteiger partial charge on any atom is 0.329 e. The van der Waals surface area contributed by atoms with Gasteiger partial charge in [0, 0.05) is 32.7 Å². The number of carbonyl (C=O) groups excluding carboxylic acids is 1. The van der Waals surface area contributed by atoms with Crippen molar-refractivity contribution in [3.8, 4) is 5.75 Å². The molecule has 7 heteroatoms. The first-order valence-corrected chi connectivity index (χ1v) is 12.4. The van der Waals surface area contributed by atoms with E-state index in [1.807, 2.05) is 11.0 Å². The van der Waals surface area contributed by atoms with Gasteiger partial charge in [-0.1, -0.05) is 38.5 Å². The van der Waals surface area contributed by atoms with E-state index >= 15 is 0 Å². The molecule has 2 aliphatic heterocycles. The molecule has 1 spiro atoms. The zero-order valence-corrected chi connectivity index (χ0v) is 20.3. The molecule has 0 aromatic heterocycles. The molecule has 184 valence electrons. The van der Waals surface area contributed by atoms with E-state index in [-0.39, 0.29) is 17.9 Å². The van der Waals surface area contributed by atoms with Crippen LogP contribution in [0.1, 0.15) is 51.5 Å². The first-order chi connectivity index (χ1) is 15.9. The van der Waals surface area contributed by atoms with Gasteiger partial charge in [0.05, 0.1) is 0 Å². The molecule has 2 heterocycles. The molecule has 1 N–H and O–H groups in total. The number of rotatable bonds is 6. The van der Waals surface area contributed by atoms with Crippen LogP contribution < -0.4 is 4.74 Å². The van der Waals surface area contributed by atoms with Gasteiger partial charge in [-0.05, 0) is 55.1 Å². The number of hydrogen-bond acceptors (Lipinski definition) is 5. The third kappa shape index (κ3) is 8.00. The Morgan fingerprint density at radius 2 is 1.85 bits per heavy atom. The third-order valence-corrected chi connectivity index (χ3v) is 6.85. The monoisotopic (exact) mass is 460 g/mol. The Morgan fingerprint density at radius 3 is 2.58 bits per heavy atom. The zero-order valence-electron chi connectivity index (χ0n) is 20.3. The summed E-state index contributed by atoms with van der Waals surface area (Å²) >= 11 is 0. The van der Waals surface area contributed by atoms with Crippen molar-refractivity contribution in [3.05, 3.63) is 29.8 Å². The second kappa shape index (κ2) is 12.4. The summed E-state index contributed by atoms with van der Waals surface area (Å²) < 4.78 is 11.2. The molecule has 1 saturated heterocycles. The average Bonchev–Trinajstić information content (AvgIpc) is 2.76. The number of carboxylic acids is 1. The normalized spacial score (nSPS) is 19.9. The molecule has 7 nitrogen and oxygen atoms in total. The van der Waals surface area contributed by atoms with Gasteiger partial charge in [0.25, 0.3) is 0 Å². The summed E-state index contributed by atoms with van der Waals surface area (Å²) in [5, 5.41) is 8.71. The van der Waals surface area contributed by atoms with Gasteiger partial charge >= 0.3 is 5.97 Å². The van der Waals surface area contributed by atoms with Crippen LogP contribution in [0, 0.1) is 11.3 Å². The minimum absolute atomic E-state index is 0.108. The standard InChI is InChI=1S/C26H40N2O5/c1-21(2)17-27-15-16-33-23-9-4-3-7-22(23)8-5-6-10-26(20-27)11-13-28(14-12-26)24(29)18-32-19-25(30)31/h3-4,7,9,21H,5-6,8,10-20H2,1-2H3,(H,30,31). The number of aryl methyl sites for hydroxylation is 1. The van der Waals surface area contributed by atoms with E-state index in [1.54, 1.807) is 0 Å². The number of ether oxygens (including phenoxy) is 2. The van der Waals surface area contributed by atoms with E-state index < -0.39 is 12.6 Å². The Morgan fingerprint density at radius 1 is 1.09 bits per heavy atom. The quantitative estimate of drug-likeness (QED) is 0.700. The largest absolute Gasteiger partial charge is 0.492 e. The number of carbonyl (C=O) groups is 2. The minimum atomic E-state index is -1.05. The second-order valence-corrected chi connectivity index (χ2v) is 10.1. The van der Waals surface area contributed by atoms with Gasteiger partial charge < -0.3 is 19.5 Å². The molecule has 0 atom stereocenters. The van der Waals surface area contributed by atoms with Gasteiger partial charge in [-0.15, -0.1) is 0 Å². The molecule has 1 aromatic carbocycles. The summed E-state index contributed by atoms with van der Waals surface area (Å²) in [6.45, 7) is 9.02. The van der Waals surface area contributed by atoms with Crippen molar-refractivity contribution in [2.45, 2.75) is 52.4 Å². The molecule has 33 heavy (non-hydrogen) atoms. The number of nitrogens with zero attached hydrogens (tertiary/aromatic N) is 2. The Balaban J connectivity index is 1.65. The summed E-state index contributed by atoms with van der Waals surface area (Å²) in [5.41, 5.74) is 1.50. The lowest BCUT2D eigenvalue weighted by atomic mass is 9.73. The number of aliphatic carboxylic acids is 1. The highest BCUT2D eigenvalue weighted by molar-refractivity contribution is 5.78. The van der Waals surface area contributed by atoms with E-state index in [0.29, 0.717) is 25.6 Å². The zero-order chi connectivity index (χ0) is 23.7. The Kier molecular flexibility index (Phi) is 9.56. The van der Waals surface area contributed by atoms with Crippen molar-refractivity contribution >= 4 is 11.9 Å². The number of fused-ring (bicyclic) bond motifs is 1. The summed E-state index contributed by atoms with van der Waals surface area (Å²) in [7, 11) is 0. The van der Waals surface area contributed by atoms with Crippen molar-refractivity contribution in [1.82, 2.24) is 9.80 Å². The highest BCUT2D eigenvalue weighted by Gasteiger charge is 2.37. The number of amides is 1. The SMILES string of the molecule is CC(C)CN1CCOc2ccccc2CCCCC2(CCN(C(=O)COCC(=O)O)CC2)C1. The van der Waals surface area contributed by atoms with Crippen LogP contribution in [0.3, 0.4) is 0 Å². The molecule has 1 aromatic rings. The lowest BCUT2D eigenvalue weighted by Crippen LogP contribution is -2.50. The first kappa shape index (κ1) is 25.5. The average molecular weight is 461 g/mol. The number of hydrogen-bond donors (Lipinski definition) is 1. The fourth-order valence-electron chi connectivity index (χ4n) is 5.21. The van der Waals surface area contributed by atoms with Crippen LogP contribution in [-0.2, 0) is 20.7 Å². The van der Waals surface area contributed by atoms with E-state index in [9.17, 15) is 9.59 Å². The van der Waals surface area contributed by atoms with E-state index in [2.05, 4.69) is 36.9 Å². The number of benzene rings is 1. The van der Waals surface area contributed by atoms with Crippen molar-refractivity contribution in [3.63, 3.8) is 0 Å². The van der Waals surface area contributed by atoms with Gasteiger partial charge in [-0.2, -0.15) is 0 Å².